The number of nitrogens with one attached hydrogen (secondary N) is 1. The van der Waals surface area contributed by atoms with Gasteiger partial charge in [-0.05, 0) is 44.6 Å². The zero-order valence-corrected chi connectivity index (χ0v) is 18.8. The zero-order valence-electron chi connectivity index (χ0n) is 18.0. The SMILES string of the molecule is Cn1cc2c(n1)CCC[C@@H]2NC1CCCN(c2ncnc3sc(CC(F)(F)F)cc23)CC1. The monoisotopic (exact) mass is 464 g/mol. The van der Waals surface area contributed by atoms with Crippen LogP contribution in [-0.4, -0.2) is 45.1 Å². The molecule has 1 unspecified atom stereocenters. The first-order chi connectivity index (χ1) is 15.4. The fourth-order valence-electron chi connectivity index (χ4n) is 5.03. The summed E-state index contributed by atoms with van der Waals surface area (Å²) in [6, 6.07) is 2.36. The van der Waals surface area contributed by atoms with E-state index < -0.39 is 12.6 Å². The molecule has 1 aliphatic heterocycles. The van der Waals surface area contributed by atoms with Crippen LogP contribution < -0.4 is 10.2 Å². The van der Waals surface area contributed by atoms with Crippen molar-refractivity contribution in [2.45, 2.75) is 63.2 Å². The van der Waals surface area contributed by atoms with Crippen LogP contribution in [0.4, 0.5) is 19.0 Å². The fraction of sp³-hybridized carbons (Fsp3) is 0.591. The quantitative estimate of drug-likeness (QED) is 0.614. The standard InChI is InChI=1S/C22H27F3N6S/c1-30-12-17-18(5-2-6-19(17)29-30)28-14-4-3-8-31(9-7-14)20-16-10-15(11-22(23,24)25)32-21(16)27-13-26-20/h10,12-14,18,28H,2-9,11H2,1H3/t14?,18-/m0/s1. The maximum absolute atomic E-state index is 12.9. The van der Waals surface area contributed by atoms with Crippen LogP contribution in [-0.2, 0) is 19.9 Å². The molecule has 6 nitrogen and oxygen atoms in total. The van der Waals surface area contributed by atoms with Crippen LogP contribution in [0.3, 0.4) is 0 Å². The van der Waals surface area contributed by atoms with Crippen molar-refractivity contribution in [1.82, 2.24) is 25.1 Å². The molecule has 1 saturated heterocycles. The van der Waals surface area contributed by atoms with Crippen molar-refractivity contribution in [3.63, 3.8) is 0 Å². The Bertz CT molecular complexity index is 1090. The van der Waals surface area contributed by atoms with Crippen LogP contribution in [0.25, 0.3) is 10.2 Å². The average Bonchev–Trinajstić information content (AvgIpc) is 3.22. The van der Waals surface area contributed by atoms with E-state index in [0.29, 0.717) is 16.9 Å². The highest BCUT2D eigenvalue weighted by Gasteiger charge is 2.30. The molecule has 2 atom stereocenters. The van der Waals surface area contributed by atoms with Crippen LogP contribution in [0.5, 0.6) is 0 Å². The number of alkyl halides is 3. The van der Waals surface area contributed by atoms with E-state index in [0.717, 1.165) is 74.2 Å². The summed E-state index contributed by atoms with van der Waals surface area (Å²) in [7, 11) is 1.98. The lowest BCUT2D eigenvalue weighted by Crippen LogP contribution is -2.35. The predicted molar refractivity (Wildman–Crippen MR) is 119 cm³/mol. The van der Waals surface area contributed by atoms with E-state index in [2.05, 4.69) is 31.5 Å². The summed E-state index contributed by atoms with van der Waals surface area (Å²) < 4.78 is 40.5. The Morgan fingerprint density at radius 2 is 2.03 bits per heavy atom. The molecule has 172 valence electrons. The molecule has 1 N–H and O–H groups in total. The van der Waals surface area contributed by atoms with E-state index in [1.54, 1.807) is 6.07 Å². The Morgan fingerprint density at radius 1 is 1.16 bits per heavy atom. The molecule has 3 aromatic rings. The van der Waals surface area contributed by atoms with Crippen molar-refractivity contribution in [1.29, 1.82) is 0 Å². The maximum Gasteiger partial charge on any atom is 0.393 e. The van der Waals surface area contributed by atoms with Crippen molar-refractivity contribution in [2.75, 3.05) is 18.0 Å². The van der Waals surface area contributed by atoms with Crippen LogP contribution >= 0.6 is 11.3 Å². The minimum absolute atomic E-state index is 0.285. The first-order valence-electron chi connectivity index (χ1n) is 11.2. The highest BCUT2D eigenvalue weighted by atomic mass is 32.1. The molecule has 0 saturated carbocycles. The number of thiophene rings is 1. The van der Waals surface area contributed by atoms with E-state index in [4.69, 9.17) is 0 Å². The summed E-state index contributed by atoms with van der Waals surface area (Å²) in [6.45, 7) is 1.67. The third kappa shape index (κ3) is 4.61. The molecule has 32 heavy (non-hydrogen) atoms. The van der Waals surface area contributed by atoms with E-state index >= 15 is 0 Å². The summed E-state index contributed by atoms with van der Waals surface area (Å²) in [6.07, 6.45) is 4.85. The van der Waals surface area contributed by atoms with Gasteiger partial charge in [0.2, 0.25) is 0 Å². The molecule has 0 aromatic carbocycles. The largest absolute Gasteiger partial charge is 0.393 e. The van der Waals surface area contributed by atoms with Gasteiger partial charge in [-0.2, -0.15) is 18.3 Å². The van der Waals surface area contributed by atoms with Gasteiger partial charge in [0.25, 0.3) is 0 Å². The molecule has 0 spiro atoms. The number of aromatic nitrogens is 4. The van der Waals surface area contributed by atoms with Crippen LogP contribution in [0.1, 0.15) is 54.3 Å². The van der Waals surface area contributed by atoms with Crippen LogP contribution in [0.2, 0.25) is 0 Å². The first kappa shape index (κ1) is 21.6. The lowest BCUT2D eigenvalue weighted by atomic mass is 9.92. The molecule has 0 bridgehead atoms. The Labute approximate surface area is 188 Å². The topological polar surface area (TPSA) is 58.9 Å². The van der Waals surface area contributed by atoms with Gasteiger partial charge in [0, 0.05) is 48.9 Å². The molecular weight excluding hydrogens is 437 g/mol. The highest BCUT2D eigenvalue weighted by molar-refractivity contribution is 7.18. The summed E-state index contributed by atoms with van der Waals surface area (Å²) in [5.74, 6) is 0.757. The molecular formula is C22H27F3N6S. The molecule has 1 aliphatic carbocycles. The summed E-state index contributed by atoms with van der Waals surface area (Å²) in [5, 5.41) is 9.21. The third-order valence-corrected chi connectivity index (χ3v) is 7.46. The van der Waals surface area contributed by atoms with Gasteiger partial charge in [0.15, 0.2) is 0 Å². The molecule has 0 amide bonds. The number of fused-ring (bicyclic) bond motifs is 2. The second-order valence-electron chi connectivity index (χ2n) is 8.85. The van der Waals surface area contributed by atoms with E-state index in [1.165, 1.54) is 17.6 Å². The van der Waals surface area contributed by atoms with Crippen molar-refractivity contribution in [2.24, 2.45) is 7.05 Å². The highest BCUT2D eigenvalue weighted by Crippen LogP contribution is 2.35. The maximum atomic E-state index is 12.9. The number of anilines is 1. The Morgan fingerprint density at radius 3 is 2.88 bits per heavy atom. The number of hydrogen-bond acceptors (Lipinski definition) is 6. The minimum Gasteiger partial charge on any atom is -0.356 e. The lowest BCUT2D eigenvalue weighted by molar-refractivity contribution is -0.126. The van der Waals surface area contributed by atoms with Gasteiger partial charge in [-0.25, -0.2) is 9.97 Å². The number of aryl methyl sites for hydroxylation is 2. The van der Waals surface area contributed by atoms with Crippen molar-refractivity contribution in [3.8, 4) is 0 Å². The Balaban J connectivity index is 1.29. The van der Waals surface area contributed by atoms with Gasteiger partial charge in [0.1, 0.15) is 17.0 Å². The fourth-order valence-corrected chi connectivity index (χ4v) is 6.05. The average molecular weight is 465 g/mol. The second-order valence-corrected chi connectivity index (χ2v) is 9.97. The Kier molecular flexibility index (Phi) is 5.83. The van der Waals surface area contributed by atoms with Gasteiger partial charge < -0.3 is 10.2 Å². The van der Waals surface area contributed by atoms with Gasteiger partial charge in [-0.15, -0.1) is 11.3 Å². The molecule has 4 heterocycles. The zero-order chi connectivity index (χ0) is 22.3. The second kappa shape index (κ2) is 8.62. The smallest absolute Gasteiger partial charge is 0.356 e. The summed E-state index contributed by atoms with van der Waals surface area (Å²) in [5.41, 5.74) is 2.54. The number of rotatable bonds is 4. The molecule has 3 aromatic heterocycles. The van der Waals surface area contributed by atoms with Gasteiger partial charge >= 0.3 is 6.18 Å². The number of nitrogens with zero attached hydrogens (tertiary/aromatic N) is 5. The number of hydrogen-bond donors (Lipinski definition) is 1. The van der Waals surface area contributed by atoms with Crippen molar-refractivity contribution in [3.05, 3.63) is 34.7 Å². The van der Waals surface area contributed by atoms with Gasteiger partial charge in [-0.3, -0.25) is 4.68 Å². The molecule has 0 radical (unpaired) electrons. The van der Waals surface area contributed by atoms with E-state index in [-0.39, 0.29) is 4.88 Å². The Hall–Kier alpha value is -2.20. The number of halogens is 3. The van der Waals surface area contributed by atoms with E-state index in [1.807, 2.05) is 11.7 Å². The summed E-state index contributed by atoms with van der Waals surface area (Å²) >= 11 is 1.11. The predicted octanol–water partition coefficient (Wildman–Crippen LogP) is 4.56. The third-order valence-electron chi connectivity index (χ3n) is 6.42. The van der Waals surface area contributed by atoms with Gasteiger partial charge in [0.05, 0.1) is 17.5 Å². The van der Waals surface area contributed by atoms with Gasteiger partial charge in [-0.1, -0.05) is 0 Å². The van der Waals surface area contributed by atoms with Crippen molar-refractivity contribution >= 4 is 27.4 Å². The van der Waals surface area contributed by atoms with E-state index in [9.17, 15) is 13.2 Å². The van der Waals surface area contributed by atoms with Crippen LogP contribution in [0, 0.1) is 0 Å². The minimum atomic E-state index is -4.22. The molecule has 1 fully saturated rings. The van der Waals surface area contributed by atoms with Crippen molar-refractivity contribution < 1.29 is 13.2 Å². The van der Waals surface area contributed by atoms with Crippen LogP contribution in [0.15, 0.2) is 18.6 Å². The normalized spacial score (nSPS) is 22.2. The summed E-state index contributed by atoms with van der Waals surface area (Å²) in [4.78, 5) is 11.8. The molecule has 10 heteroatoms. The first-order valence-corrected chi connectivity index (χ1v) is 12.0. The molecule has 5 rings (SSSR count). The molecule has 2 aliphatic rings. The lowest BCUT2D eigenvalue weighted by Gasteiger charge is -2.28.